The van der Waals surface area contributed by atoms with Crippen molar-refractivity contribution in [3.63, 3.8) is 0 Å². The molecule has 128 valence electrons. The number of aromatic nitrogens is 4. The van der Waals surface area contributed by atoms with Crippen LogP contribution in [0.1, 0.15) is 19.0 Å². The van der Waals surface area contributed by atoms with Gasteiger partial charge in [0, 0.05) is 24.5 Å². The number of carbonyl (C=O) groups excluding carboxylic acids is 1. The van der Waals surface area contributed by atoms with Gasteiger partial charge in [0.1, 0.15) is 18.1 Å². The molecule has 25 heavy (non-hydrogen) atoms. The number of nitrogens with one attached hydrogen (secondary N) is 2. The lowest BCUT2D eigenvalue weighted by Gasteiger charge is -2.15. The molecule has 3 aromatic rings. The second-order valence-electron chi connectivity index (χ2n) is 5.87. The Bertz CT molecular complexity index is 924. The molecule has 4 bridgehead atoms. The molecule has 0 aliphatic carbocycles. The van der Waals surface area contributed by atoms with Crippen molar-refractivity contribution >= 4 is 17.0 Å². The van der Waals surface area contributed by atoms with Crippen LogP contribution in [-0.4, -0.2) is 38.9 Å². The normalized spacial score (nSPS) is 18.0. The van der Waals surface area contributed by atoms with Crippen LogP contribution in [0.25, 0.3) is 22.4 Å². The van der Waals surface area contributed by atoms with E-state index < -0.39 is 6.09 Å². The fourth-order valence-electron chi connectivity index (χ4n) is 2.69. The molecule has 0 saturated heterocycles. The van der Waals surface area contributed by atoms with Gasteiger partial charge in [0.2, 0.25) is 0 Å². The maximum absolute atomic E-state index is 11.8. The highest BCUT2D eigenvalue weighted by atomic mass is 16.5. The Morgan fingerprint density at radius 1 is 1.28 bits per heavy atom. The lowest BCUT2D eigenvalue weighted by molar-refractivity contribution is 0.136. The number of aromatic amines is 1. The smallest absolute Gasteiger partial charge is 0.407 e. The average Bonchev–Trinajstić information content (AvgIpc) is 3.03. The Labute approximate surface area is 143 Å². The minimum Gasteiger partial charge on any atom is -0.491 e. The van der Waals surface area contributed by atoms with Crippen molar-refractivity contribution in [1.29, 1.82) is 0 Å². The van der Waals surface area contributed by atoms with Crippen LogP contribution in [0.5, 0.6) is 5.75 Å². The number of fused-ring (bicyclic) bond motifs is 4. The van der Waals surface area contributed by atoms with Crippen molar-refractivity contribution in [2.75, 3.05) is 6.54 Å². The number of H-pyrrole nitrogens is 1. The minimum absolute atomic E-state index is 0.0597. The summed E-state index contributed by atoms with van der Waals surface area (Å²) >= 11 is 0. The topological polar surface area (TPSA) is 102 Å². The van der Waals surface area contributed by atoms with E-state index in [4.69, 9.17) is 9.47 Å². The first-order valence-electron chi connectivity index (χ1n) is 8.07. The molecule has 0 saturated carbocycles. The van der Waals surface area contributed by atoms with Crippen molar-refractivity contribution in [3.8, 4) is 17.3 Å². The summed E-state index contributed by atoms with van der Waals surface area (Å²) in [4.78, 5) is 20.5. The van der Waals surface area contributed by atoms with Gasteiger partial charge in [-0.3, -0.25) is 5.10 Å². The molecule has 0 fully saturated rings. The van der Waals surface area contributed by atoms with E-state index in [1.54, 1.807) is 12.3 Å². The number of alkyl carbamates (subject to hydrolysis) is 1. The van der Waals surface area contributed by atoms with Gasteiger partial charge in [-0.1, -0.05) is 0 Å². The molecule has 2 aromatic heterocycles. The molecule has 1 aliphatic rings. The molecule has 1 aromatic carbocycles. The van der Waals surface area contributed by atoms with Gasteiger partial charge in [0.15, 0.2) is 5.82 Å². The number of hydrogen-bond donors (Lipinski definition) is 2. The summed E-state index contributed by atoms with van der Waals surface area (Å²) in [5.41, 5.74) is 2.11. The predicted molar refractivity (Wildman–Crippen MR) is 90.0 cm³/mol. The number of ether oxygens (including phenoxy) is 2. The summed E-state index contributed by atoms with van der Waals surface area (Å²) in [6.45, 7) is 2.49. The van der Waals surface area contributed by atoms with E-state index in [1.807, 2.05) is 25.1 Å². The highest BCUT2D eigenvalue weighted by molar-refractivity contribution is 5.92. The summed E-state index contributed by atoms with van der Waals surface area (Å²) < 4.78 is 11.1. The van der Waals surface area contributed by atoms with Gasteiger partial charge in [0.05, 0.1) is 17.3 Å². The maximum Gasteiger partial charge on any atom is 0.407 e. The quantitative estimate of drug-likeness (QED) is 0.652. The lowest BCUT2D eigenvalue weighted by atomic mass is 10.2. The van der Waals surface area contributed by atoms with Gasteiger partial charge in [0.25, 0.3) is 0 Å². The molecule has 0 unspecified atom stereocenters. The van der Waals surface area contributed by atoms with Crippen LogP contribution in [0.2, 0.25) is 0 Å². The molecule has 1 aliphatic heterocycles. The zero-order valence-corrected chi connectivity index (χ0v) is 13.7. The van der Waals surface area contributed by atoms with Gasteiger partial charge in [-0.25, -0.2) is 14.8 Å². The Morgan fingerprint density at radius 3 is 3.12 bits per heavy atom. The van der Waals surface area contributed by atoms with Gasteiger partial charge >= 0.3 is 6.09 Å². The van der Waals surface area contributed by atoms with E-state index in [9.17, 15) is 4.79 Å². The van der Waals surface area contributed by atoms with Crippen molar-refractivity contribution < 1.29 is 14.3 Å². The van der Waals surface area contributed by atoms with Gasteiger partial charge in [-0.05, 0) is 31.2 Å². The summed E-state index contributed by atoms with van der Waals surface area (Å²) in [7, 11) is 0. The van der Waals surface area contributed by atoms with E-state index >= 15 is 0 Å². The van der Waals surface area contributed by atoms with Crippen LogP contribution in [0.4, 0.5) is 4.79 Å². The van der Waals surface area contributed by atoms with Gasteiger partial charge < -0.3 is 14.8 Å². The Morgan fingerprint density at radius 2 is 2.20 bits per heavy atom. The number of benzene rings is 1. The highest BCUT2D eigenvalue weighted by Gasteiger charge is 2.15. The first kappa shape index (κ1) is 15.4. The van der Waals surface area contributed by atoms with Crippen LogP contribution >= 0.6 is 0 Å². The fourth-order valence-corrected chi connectivity index (χ4v) is 2.69. The number of amides is 1. The number of hydrogen-bond acceptors (Lipinski definition) is 6. The predicted octanol–water partition coefficient (Wildman–Crippen LogP) is 2.42. The largest absolute Gasteiger partial charge is 0.491 e. The van der Waals surface area contributed by atoms with E-state index in [0.29, 0.717) is 30.2 Å². The zero-order chi connectivity index (χ0) is 17.2. The second kappa shape index (κ2) is 6.39. The lowest BCUT2D eigenvalue weighted by Crippen LogP contribution is -2.28. The second-order valence-corrected chi connectivity index (χ2v) is 5.87. The third kappa shape index (κ3) is 3.23. The summed E-state index contributed by atoms with van der Waals surface area (Å²) in [5, 5.41) is 10.9. The van der Waals surface area contributed by atoms with Gasteiger partial charge in [-0.15, -0.1) is 0 Å². The third-order valence-corrected chi connectivity index (χ3v) is 3.97. The number of cyclic esters (lactones) is 1. The monoisotopic (exact) mass is 339 g/mol. The van der Waals surface area contributed by atoms with Crippen molar-refractivity contribution in [3.05, 3.63) is 36.2 Å². The molecule has 3 heterocycles. The Kier molecular flexibility index (Phi) is 3.93. The van der Waals surface area contributed by atoms with Crippen LogP contribution in [0.3, 0.4) is 0 Å². The zero-order valence-electron chi connectivity index (χ0n) is 13.7. The summed E-state index contributed by atoms with van der Waals surface area (Å²) in [6.07, 6.45) is 1.75. The third-order valence-electron chi connectivity index (χ3n) is 3.97. The highest BCUT2D eigenvalue weighted by Crippen LogP contribution is 2.28. The van der Waals surface area contributed by atoms with E-state index in [2.05, 4.69) is 25.5 Å². The molecular weight excluding hydrogens is 322 g/mol. The summed E-state index contributed by atoms with van der Waals surface area (Å²) in [5.74, 6) is 1.20. The SMILES string of the molecule is C[C@@H]1CCNC(=O)OCc2ccnc(n2)-c2n[nH]c3ccc(cc23)O1. The molecule has 8 heteroatoms. The van der Waals surface area contributed by atoms with Crippen LogP contribution in [0, 0.1) is 0 Å². The van der Waals surface area contributed by atoms with E-state index in [0.717, 1.165) is 16.7 Å². The minimum atomic E-state index is -0.482. The van der Waals surface area contributed by atoms with Crippen LogP contribution in [-0.2, 0) is 11.3 Å². The number of rotatable bonds is 0. The van der Waals surface area contributed by atoms with Crippen LogP contribution in [0.15, 0.2) is 30.5 Å². The van der Waals surface area contributed by atoms with Crippen molar-refractivity contribution in [2.45, 2.75) is 26.1 Å². The molecule has 2 N–H and O–H groups in total. The molecule has 4 rings (SSSR count). The van der Waals surface area contributed by atoms with Crippen LogP contribution < -0.4 is 10.1 Å². The number of nitrogens with zero attached hydrogens (tertiary/aromatic N) is 3. The first-order valence-corrected chi connectivity index (χ1v) is 8.07. The standard InChI is InChI=1S/C17H17N5O3/c1-10-4-6-19-17(23)24-9-11-5-7-18-16(20-11)15-13-8-12(25-10)2-3-14(13)21-22-15/h2-3,5,7-8,10H,4,6,9H2,1H3,(H,19,23)(H,21,22)/t10-/m1/s1. The molecule has 0 spiro atoms. The molecule has 1 amide bonds. The van der Waals surface area contributed by atoms with Crippen molar-refractivity contribution in [1.82, 2.24) is 25.5 Å². The van der Waals surface area contributed by atoms with E-state index in [1.165, 1.54) is 0 Å². The molecule has 1 atom stereocenters. The average molecular weight is 339 g/mol. The molecule has 0 radical (unpaired) electrons. The molecular formula is C17H17N5O3. The maximum atomic E-state index is 11.8. The fraction of sp³-hybridized carbons (Fsp3) is 0.294. The van der Waals surface area contributed by atoms with Gasteiger partial charge in [-0.2, -0.15) is 5.10 Å². The Balaban J connectivity index is 1.79. The number of carbonyl (C=O) groups is 1. The van der Waals surface area contributed by atoms with E-state index in [-0.39, 0.29) is 12.7 Å². The Hall–Kier alpha value is -3.16. The summed E-state index contributed by atoms with van der Waals surface area (Å²) in [6, 6.07) is 7.44. The molecule has 8 nitrogen and oxygen atoms in total. The first-order chi connectivity index (χ1) is 12.2. The van der Waals surface area contributed by atoms with Crippen molar-refractivity contribution in [2.24, 2.45) is 0 Å².